The minimum absolute atomic E-state index is 0.0294. The molecule has 0 aliphatic carbocycles. The number of nitrogens with one attached hydrogen (secondary N) is 1. The molecule has 4 heterocycles. The maximum Gasteiger partial charge on any atom is 0.270 e. The van der Waals surface area contributed by atoms with Gasteiger partial charge in [0.1, 0.15) is 16.7 Å². The van der Waals surface area contributed by atoms with Gasteiger partial charge >= 0.3 is 0 Å². The number of carbonyl (C=O) groups excluding carboxylic acids is 1. The van der Waals surface area contributed by atoms with Gasteiger partial charge in [-0.05, 0) is 80.1 Å². The van der Waals surface area contributed by atoms with Crippen LogP contribution in [0.25, 0.3) is 22.4 Å². The molecule has 1 fully saturated rings. The summed E-state index contributed by atoms with van der Waals surface area (Å²) in [5.41, 5.74) is 7.07. The molecule has 1 saturated heterocycles. The monoisotopic (exact) mass is 623 g/mol. The average Bonchev–Trinajstić information content (AvgIpc) is 3.64. The molecule has 9 heteroatoms. The second kappa shape index (κ2) is 13.3. The van der Waals surface area contributed by atoms with Gasteiger partial charge in [-0.2, -0.15) is 0 Å². The highest BCUT2D eigenvalue weighted by Gasteiger charge is 2.40. The molecule has 4 aromatic rings. The molecule has 0 radical (unpaired) electrons. The fraction of sp³-hybridized carbons (Fsp3) is 0.361. The van der Waals surface area contributed by atoms with Crippen LogP contribution in [0.1, 0.15) is 66.8 Å². The van der Waals surface area contributed by atoms with Gasteiger partial charge in [0.15, 0.2) is 0 Å². The number of nitrogens with zero attached hydrogens (tertiary/aromatic N) is 4. The lowest BCUT2D eigenvalue weighted by Crippen LogP contribution is -2.37. The number of aliphatic hydroxyl groups is 1. The van der Waals surface area contributed by atoms with E-state index in [4.69, 9.17) is 4.98 Å². The Morgan fingerprint density at radius 1 is 1.00 bits per heavy atom. The summed E-state index contributed by atoms with van der Waals surface area (Å²) < 4.78 is 15.2. The molecule has 2 aliphatic heterocycles. The van der Waals surface area contributed by atoms with Crippen LogP contribution in [0.4, 0.5) is 0 Å². The SMILES string of the molecule is CC(C)(C)[S@](=O)N1Cc2cc(C(=O)N[C@@H]3CCN(Cc4ccccc4)C3)nc(-c3cccc(-c4ccncc4)c3)c2[C@@H]1CCO. The second-order valence-electron chi connectivity index (χ2n) is 12.9. The molecule has 2 aromatic heterocycles. The van der Waals surface area contributed by atoms with Crippen molar-refractivity contribution < 1.29 is 14.1 Å². The summed E-state index contributed by atoms with van der Waals surface area (Å²) in [6.07, 6.45) is 4.83. The number of pyridine rings is 2. The van der Waals surface area contributed by atoms with Crippen LogP contribution in [0.2, 0.25) is 0 Å². The van der Waals surface area contributed by atoms with Gasteiger partial charge in [0.2, 0.25) is 0 Å². The summed E-state index contributed by atoms with van der Waals surface area (Å²) in [6, 6.07) is 24.0. The van der Waals surface area contributed by atoms with Crippen LogP contribution in [-0.2, 0) is 24.1 Å². The summed E-state index contributed by atoms with van der Waals surface area (Å²) in [5.74, 6) is -0.204. The summed E-state index contributed by atoms with van der Waals surface area (Å²) >= 11 is 0. The largest absolute Gasteiger partial charge is 0.396 e. The average molecular weight is 624 g/mol. The fourth-order valence-electron chi connectivity index (χ4n) is 6.39. The van der Waals surface area contributed by atoms with Crippen LogP contribution in [-0.4, -0.2) is 64.9 Å². The van der Waals surface area contributed by atoms with Crippen molar-refractivity contribution in [3.05, 3.63) is 108 Å². The molecule has 6 rings (SSSR count). The van der Waals surface area contributed by atoms with Crippen LogP contribution in [0, 0.1) is 0 Å². The third-order valence-electron chi connectivity index (χ3n) is 8.53. The Kier molecular flexibility index (Phi) is 9.23. The van der Waals surface area contributed by atoms with Crippen molar-refractivity contribution in [3.63, 3.8) is 0 Å². The molecular weight excluding hydrogens is 582 g/mol. The Labute approximate surface area is 268 Å². The van der Waals surface area contributed by atoms with Gasteiger partial charge < -0.3 is 10.4 Å². The summed E-state index contributed by atoms with van der Waals surface area (Å²) in [5, 5.41) is 13.4. The summed E-state index contributed by atoms with van der Waals surface area (Å²) in [7, 11) is -1.33. The number of hydrogen-bond donors (Lipinski definition) is 2. The number of benzene rings is 2. The number of hydrogen-bond acceptors (Lipinski definition) is 6. The minimum atomic E-state index is -1.33. The van der Waals surface area contributed by atoms with Gasteiger partial charge in [0.05, 0.1) is 16.5 Å². The second-order valence-corrected chi connectivity index (χ2v) is 15.1. The van der Waals surface area contributed by atoms with E-state index in [2.05, 4.69) is 45.5 Å². The van der Waals surface area contributed by atoms with E-state index >= 15 is 0 Å². The highest BCUT2D eigenvalue weighted by Crippen LogP contribution is 2.44. The molecule has 3 atom stereocenters. The zero-order valence-corrected chi connectivity index (χ0v) is 27.0. The number of aromatic nitrogens is 2. The minimum Gasteiger partial charge on any atom is -0.396 e. The number of likely N-dealkylation sites (tertiary alicyclic amines) is 1. The van der Waals surface area contributed by atoms with E-state index in [0.29, 0.717) is 24.4 Å². The summed E-state index contributed by atoms with van der Waals surface area (Å²) in [6.45, 7) is 8.79. The van der Waals surface area contributed by atoms with Crippen molar-refractivity contribution in [3.8, 4) is 22.4 Å². The van der Waals surface area contributed by atoms with Crippen molar-refractivity contribution in [1.29, 1.82) is 0 Å². The standard InChI is InChI=1S/C36H41N5O3S/c1-36(2,3)45(44)41-23-29-21-31(35(43)38-30-14-18-40(24-30)22-25-8-5-4-6-9-25)39-34(33(29)32(41)15-19-42)28-11-7-10-27(20-28)26-12-16-37-17-13-26/h4-13,16-17,20-21,30,32,42H,14-15,18-19,22-24H2,1-3H3,(H,38,43)/t30-,32+,45+/m1/s1. The van der Waals surface area contributed by atoms with E-state index in [-0.39, 0.29) is 24.6 Å². The van der Waals surface area contributed by atoms with Gasteiger partial charge in [0, 0.05) is 62.3 Å². The van der Waals surface area contributed by atoms with Gasteiger partial charge in [0.25, 0.3) is 5.91 Å². The molecule has 234 valence electrons. The number of rotatable bonds is 9. The van der Waals surface area contributed by atoms with Crippen LogP contribution in [0.5, 0.6) is 0 Å². The fourth-order valence-corrected chi connectivity index (χ4v) is 7.79. The predicted octanol–water partition coefficient (Wildman–Crippen LogP) is 5.52. The lowest BCUT2D eigenvalue weighted by Gasteiger charge is -2.30. The van der Waals surface area contributed by atoms with Crippen molar-refractivity contribution in [1.82, 2.24) is 24.5 Å². The Morgan fingerprint density at radius 3 is 2.49 bits per heavy atom. The maximum atomic E-state index is 13.8. The number of fused-ring (bicyclic) bond motifs is 1. The number of aliphatic hydroxyl groups excluding tert-OH is 1. The molecule has 0 unspecified atom stereocenters. The van der Waals surface area contributed by atoms with E-state index in [1.54, 1.807) is 12.4 Å². The maximum absolute atomic E-state index is 13.8. The molecule has 2 aromatic carbocycles. The zero-order chi connectivity index (χ0) is 31.6. The van der Waals surface area contributed by atoms with Crippen LogP contribution in [0.15, 0.2) is 85.2 Å². The molecular formula is C36H41N5O3S. The smallest absolute Gasteiger partial charge is 0.270 e. The van der Waals surface area contributed by atoms with Gasteiger partial charge in [-0.3, -0.25) is 14.7 Å². The van der Waals surface area contributed by atoms with Crippen molar-refractivity contribution in [2.24, 2.45) is 0 Å². The van der Waals surface area contributed by atoms with E-state index in [1.807, 2.05) is 67.5 Å². The van der Waals surface area contributed by atoms with Crippen molar-refractivity contribution in [2.75, 3.05) is 19.7 Å². The zero-order valence-electron chi connectivity index (χ0n) is 26.1. The Balaban J connectivity index is 1.34. The van der Waals surface area contributed by atoms with E-state index in [9.17, 15) is 14.1 Å². The normalized spacial score (nSPS) is 19.4. The van der Waals surface area contributed by atoms with Gasteiger partial charge in [-0.25, -0.2) is 13.5 Å². The van der Waals surface area contributed by atoms with Crippen LogP contribution in [0.3, 0.4) is 0 Å². The van der Waals surface area contributed by atoms with Crippen LogP contribution < -0.4 is 5.32 Å². The van der Waals surface area contributed by atoms with Crippen molar-refractivity contribution in [2.45, 2.75) is 63.5 Å². The molecule has 0 bridgehead atoms. The van der Waals surface area contributed by atoms with E-state index in [0.717, 1.165) is 53.9 Å². The van der Waals surface area contributed by atoms with Crippen LogP contribution >= 0.6 is 0 Å². The number of amides is 1. The molecule has 8 nitrogen and oxygen atoms in total. The quantitative estimate of drug-likeness (QED) is 0.255. The Hall–Kier alpha value is -3.76. The molecule has 0 spiro atoms. The van der Waals surface area contributed by atoms with Gasteiger partial charge in [-0.1, -0.05) is 48.5 Å². The third-order valence-corrected chi connectivity index (χ3v) is 10.4. The molecule has 0 saturated carbocycles. The highest BCUT2D eigenvalue weighted by atomic mass is 32.2. The first-order valence-corrected chi connectivity index (χ1v) is 16.7. The first kappa shape index (κ1) is 31.2. The van der Waals surface area contributed by atoms with Gasteiger partial charge in [-0.15, -0.1) is 0 Å². The lowest BCUT2D eigenvalue weighted by molar-refractivity contribution is 0.0932. The third kappa shape index (κ3) is 6.92. The first-order chi connectivity index (χ1) is 21.7. The lowest BCUT2D eigenvalue weighted by atomic mass is 9.94. The van der Waals surface area contributed by atoms with E-state index < -0.39 is 15.7 Å². The molecule has 1 amide bonds. The summed E-state index contributed by atoms with van der Waals surface area (Å²) in [4.78, 5) is 25.3. The molecule has 2 aliphatic rings. The predicted molar refractivity (Wildman–Crippen MR) is 178 cm³/mol. The highest BCUT2D eigenvalue weighted by molar-refractivity contribution is 7.84. The molecule has 45 heavy (non-hydrogen) atoms. The topological polar surface area (TPSA) is 98.7 Å². The Bertz CT molecular complexity index is 1680. The molecule has 2 N–H and O–H groups in total. The first-order valence-electron chi connectivity index (χ1n) is 15.6. The number of carbonyl (C=O) groups is 1. The van der Waals surface area contributed by atoms with Crippen molar-refractivity contribution >= 4 is 16.9 Å². The van der Waals surface area contributed by atoms with E-state index in [1.165, 1.54) is 5.56 Å². The Morgan fingerprint density at radius 2 is 1.76 bits per heavy atom.